The van der Waals surface area contributed by atoms with Gasteiger partial charge in [0.2, 0.25) is 0 Å². The van der Waals surface area contributed by atoms with Gasteiger partial charge in [0.1, 0.15) is 0 Å². The first-order chi connectivity index (χ1) is 7.47. The van der Waals surface area contributed by atoms with E-state index in [1.807, 2.05) is 0 Å². The molecule has 1 heterocycles. The van der Waals surface area contributed by atoms with E-state index in [0.717, 1.165) is 12.1 Å². The molecule has 0 bridgehead atoms. The van der Waals surface area contributed by atoms with Crippen LogP contribution in [-0.4, -0.2) is 4.98 Å². The molecule has 0 aliphatic rings. The lowest BCUT2D eigenvalue weighted by Crippen LogP contribution is -2.04. The first-order valence-electron chi connectivity index (χ1n) is 4.26. The molecule has 1 aromatic heterocycles. The Hall–Kier alpha value is -0.880. The lowest BCUT2D eigenvalue weighted by atomic mass is 10.1. The van der Waals surface area contributed by atoms with Crippen molar-refractivity contribution in [3.05, 3.63) is 39.9 Å². The standard InChI is InChI=1S/C10H5BrF3NS/c11-9-15-5-8(16-9)6-2-1-3-7(4-6)10(12,13)14/h1-5H. The Labute approximate surface area is 102 Å². The largest absolute Gasteiger partial charge is 0.416 e. The molecule has 2 aromatic rings. The van der Waals surface area contributed by atoms with E-state index >= 15 is 0 Å². The average Bonchev–Trinajstić information content (AvgIpc) is 2.64. The zero-order valence-electron chi connectivity index (χ0n) is 7.75. The summed E-state index contributed by atoms with van der Waals surface area (Å²) in [4.78, 5) is 4.65. The van der Waals surface area contributed by atoms with Gasteiger partial charge in [-0.1, -0.05) is 12.1 Å². The first-order valence-corrected chi connectivity index (χ1v) is 5.87. The molecule has 0 amide bonds. The molecular formula is C10H5BrF3NS. The summed E-state index contributed by atoms with van der Waals surface area (Å²) in [5.41, 5.74) is -0.118. The minimum absolute atomic E-state index is 0.526. The predicted molar refractivity (Wildman–Crippen MR) is 60.3 cm³/mol. The highest BCUT2D eigenvalue weighted by Gasteiger charge is 2.30. The Morgan fingerprint density at radius 1 is 1.25 bits per heavy atom. The quantitative estimate of drug-likeness (QED) is 0.751. The van der Waals surface area contributed by atoms with E-state index in [2.05, 4.69) is 20.9 Å². The molecule has 0 fully saturated rings. The Morgan fingerprint density at radius 2 is 2.00 bits per heavy atom. The van der Waals surface area contributed by atoms with Crippen LogP contribution in [0.2, 0.25) is 0 Å². The number of halogens is 4. The van der Waals surface area contributed by atoms with Crippen molar-refractivity contribution in [2.75, 3.05) is 0 Å². The Bertz CT molecular complexity index is 507. The van der Waals surface area contributed by atoms with Crippen LogP contribution >= 0.6 is 27.3 Å². The van der Waals surface area contributed by atoms with Crippen molar-refractivity contribution < 1.29 is 13.2 Å². The van der Waals surface area contributed by atoms with Crippen LogP contribution in [0.5, 0.6) is 0 Å². The van der Waals surface area contributed by atoms with E-state index < -0.39 is 11.7 Å². The van der Waals surface area contributed by atoms with Gasteiger partial charge in [-0.2, -0.15) is 13.2 Å². The van der Waals surface area contributed by atoms with Crippen LogP contribution < -0.4 is 0 Å². The molecular weight excluding hydrogens is 303 g/mol. The maximum Gasteiger partial charge on any atom is 0.416 e. The number of hydrogen-bond donors (Lipinski definition) is 0. The number of alkyl halides is 3. The molecule has 0 radical (unpaired) electrons. The predicted octanol–water partition coefficient (Wildman–Crippen LogP) is 4.59. The van der Waals surface area contributed by atoms with Gasteiger partial charge < -0.3 is 0 Å². The SMILES string of the molecule is FC(F)(F)c1cccc(-c2cnc(Br)s2)c1. The molecule has 0 saturated carbocycles. The molecule has 1 aromatic carbocycles. The summed E-state index contributed by atoms with van der Waals surface area (Å²) in [6.45, 7) is 0. The minimum Gasteiger partial charge on any atom is -0.237 e. The van der Waals surface area contributed by atoms with Crippen molar-refractivity contribution in [3.63, 3.8) is 0 Å². The number of rotatable bonds is 1. The second-order valence-electron chi connectivity index (χ2n) is 3.06. The molecule has 0 N–H and O–H groups in total. The Balaban J connectivity index is 2.44. The zero-order chi connectivity index (χ0) is 11.8. The van der Waals surface area contributed by atoms with Crippen LogP contribution in [0.1, 0.15) is 5.56 Å². The number of nitrogens with zero attached hydrogens (tertiary/aromatic N) is 1. The number of aromatic nitrogens is 1. The van der Waals surface area contributed by atoms with E-state index in [1.54, 1.807) is 12.3 Å². The summed E-state index contributed by atoms with van der Waals surface area (Å²) in [7, 11) is 0. The van der Waals surface area contributed by atoms with Crippen LogP contribution in [0, 0.1) is 0 Å². The van der Waals surface area contributed by atoms with Gasteiger partial charge in [0.25, 0.3) is 0 Å². The van der Waals surface area contributed by atoms with Crippen molar-refractivity contribution in [1.82, 2.24) is 4.98 Å². The van der Waals surface area contributed by atoms with Crippen LogP contribution in [0.4, 0.5) is 13.2 Å². The molecule has 0 spiro atoms. The van der Waals surface area contributed by atoms with Gasteiger partial charge in [-0.05, 0) is 33.6 Å². The van der Waals surface area contributed by atoms with Crippen LogP contribution in [-0.2, 0) is 6.18 Å². The third-order valence-corrected chi connectivity index (χ3v) is 3.48. The second-order valence-corrected chi connectivity index (χ2v) is 5.36. The van der Waals surface area contributed by atoms with Crippen molar-refractivity contribution in [2.45, 2.75) is 6.18 Å². The fourth-order valence-corrected chi connectivity index (χ4v) is 2.50. The van der Waals surface area contributed by atoms with E-state index in [9.17, 15) is 13.2 Å². The lowest BCUT2D eigenvalue weighted by molar-refractivity contribution is -0.137. The number of benzene rings is 1. The third kappa shape index (κ3) is 2.44. The summed E-state index contributed by atoms with van der Waals surface area (Å²) >= 11 is 4.47. The van der Waals surface area contributed by atoms with Crippen molar-refractivity contribution in [3.8, 4) is 10.4 Å². The number of hydrogen-bond acceptors (Lipinski definition) is 2. The normalized spacial score (nSPS) is 11.8. The smallest absolute Gasteiger partial charge is 0.237 e. The second kappa shape index (κ2) is 4.18. The van der Waals surface area contributed by atoms with Crippen molar-refractivity contribution in [2.24, 2.45) is 0 Å². The molecule has 84 valence electrons. The highest BCUT2D eigenvalue weighted by Crippen LogP contribution is 2.34. The molecule has 0 unspecified atom stereocenters. The molecule has 1 nitrogen and oxygen atoms in total. The molecule has 6 heteroatoms. The van der Waals surface area contributed by atoms with Gasteiger partial charge >= 0.3 is 6.18 Å². The minimum atomic E-state index is -4.31. The highest BCUT2D eigenvalue weighted by atomic mass is 79.9. The maximum absolute atomic E-state index is 12.5. The molecule has 16 heavy (non-hydrogen) atoms. The summed E-state index contributed by atoms with van der Waals surface area (Å²) in [5.74, 6) is 0. The monoisotopic (exact) mass is 307 g/mol. The first kappa shape index (κ1) is 11.6. The van der Waals surface area contributed by atoms with E-state index in [1.165, 1.54) is 17.4 Å². The number of thiazole rings is 1. The zero-order valence-corrected chi connectivity index (χ0v) is 10.2. The average molecular weight is 308 g/mol. The summed E-state index contributed by atoms with van der Waals surface area (Å²) < 4.78 is 38.1. The third-order valence-electron chi connectivity index (χ3n) is 1.95. The van der Waals surface area contributed by atoms with Gasteiger partial charge in [-0.3, -0.25) is 0 Å². The van der Waals surface area contributed by atoms with Gasteiger partial charge in [0, 0.05) is 6.20 Å². The molecule has 0 aliphatic carbocycles. The van der Waals surface area contributed by atoms with Crippen LogP contribution in [0.25, 0.3) is 10.4 Å². The van der Waals surface area contributed by atoms with Crippen molar-refractivity contribution >= 4 is 27.3 Å². The van der Waals surface area contributed by atoms with E-state index in [4.69, 9.17) is 0 Å². The fourth-order valence-electron chi connectivity index (χ4n) is 1.24. The maximum atomic E-state index is 12.5. The highest BCUT2D eigenvalue weighted by molar-refractivity contribution is 9.11. The Morgan fingerprint density at radius 3 is 2.56 bits per heavy atom. The van der Waals surface area contributed by atoms with Gasteiger partial charge in [-0.25, -0.2) is 4.98 Å². The molecule has 0 saturated heterocycles. The fraction of sp³-hybridized carbons (Fsp3) is 0.100. The van der Waals surface area contributed by atoms with E-state index in [0.29, 0.717) is 14.4 Å². The summed E-state index contributed by atoms with van der Waals surface area (Å²) in [5, 5.41) is 0. The van der Waals surface area contributed by atoms with E-state index in [-0.39, 0.29) is 0 Å². The molecule has 0 atom stereocenters. The summed E-state index contributed by atoms with van der Waals surface area (Å²) in [6, 6.07) is 5.21. The molecule has 0 aliphatic heterocycles. The van der Waals surface area contributed by atoms with Gasteiger partial charge in [0.05, 0.1) is 10.4 Å². The van der Waals surface area contributed by atoms with Crippen molar-refractivity contribution in [1.29, 1.82) is 0 Å². The Kier molecular flexibility index (Phi) is 3.03. The molecule has 2 rings (SSSR count). The van der Waals surface area contributed by atoms with Crippen LogP contribution in [0.3, 0.4) is 0 Å². The van der Waals surface area contributed by atoms with Gasteiger partial charge in [-0.15, -0.1) is 11.3 Å². The lowest BCUT2D eigenvalue weighted by Gasteiger charge is -2.07. The van der Waals surface area contributed by atoms with Crippen LogP contribution in [0.15, 0.2) is 34.4 Å². The summed E-state index contributed by atoms with van der Waals surface area (Å²) in [6.07, 6.45) is -2.76. The topological polar surface area (TPSA) is 12.9 Å². The van der Waals surface area contributed by atoms with Gasteiger partial charge in [0.15, 0.2) is 3.92 Å².